The summed E-state index contributed by atoms with van der Waals surface area (Å²) in [5.41, 5.74) is 1.74. The molecule has 0 amide bonds. The Morgan fingerprint density at radius 2 is 2.06 bits per heavy atom. The molecular weight excluding hydrogens is 294 g/mol. The molecule has 0 spiro atoms. The topological polar surface area (TPSA) is 50.8 Å². The summed E-state index contributed by atoms with van der Waals surface area (Å²) in [6.07, 6.45) is 2.24. The number of nitrogens with zero attached hydrogens (tertiary/aromatic N) is 2. The molecule has 2 aromatic heterocycles. The lowest BCUT2D eigenvalue weighted by molar-refractivity contribution is 0.0554. The third-order valence-corrected chi connectivity index (χ3v) is 4.31. The number of fused-ring (bicyclic) bond motifs is 1. The fraction of sp³-hybridized carbons (Fsp3) is 0.538. The summed E-state index contributed by atoms with van der Waals surface area (Å²) in [5.74, 6) is 1.76. The second kappa shape index (κ2) is 4.31. The molecule has 2 aromatic rings. The molecule has 0 radical (unpaired) electrons. The Kier molecular flexibility index (Phi) is 2.90. The van der Waals surface area contributed by atoms with Crippen LogP contribution in [0.5, 0.6) is 0 Å². The zero-order valence-corrected chi connectivity index (χ0v) is 12.2. The number of halogens is 1. The van der Waals surface area contributed by atoms with E-state index in [-0.39, 0.29) is 12.2 Å². The molecule has 1 N–H and O–H groups in total. The van der Waals surface area contributed by atoms with Crippen molar-refractivity contribution < 1.29 is 4.74 Å². The van der Waals surface area contributed by atoms with Crippen molar-refractivity contribution in [3.63, 3.8) is 0 Å². The maximum Gasteiger partial charge on any atom is 0.177 e. The van der Waals surface area contributed by atoms with E-state index in [9.17, 15) is 0 Å². The number of aromatic nitrogens is 3. The third kappa shape index (κ3) is 1.86. The smallest absolute Gasteiger partial charge is 0.177 e. The van der Waals surface area contributed by atoms with Crippen LogP contribution < -0.4 is 0 Å². The SMILES string of the molecule is CC1OC(C)C(c2nc3ncc(Br)cc3[nH]2)C1C. The van der Waals surface area contributed by atoms with E-state index in [1.54, 1.807) is 6.20 Å². The fourth-order valence-corrected chi connectivity index (χ4v) is 3.12. The first-order chi connectivity index (χ1) is 8.56. The van der Waals surface area contributed by atoms with Crippen molar-refractivity contribution in [1.29, 1.82) is 0 Å². The monoisotopic (exact) mass is 309 g/mol. The van der Waals surface area contributed by atoms with Crippen LogP contribution in [0, 0.1) is 5.92 Å². The van der Waals surface area contributed by atoms with Gasteiger partial charge < -0.3 is 9.72 Å². The normalized spacial score (nSPS) is 32.2. The number of H-pyrrole nitrogens is 1. The number of imidazole rings is 1. The minimum absolute atomic E-state index is 0.194. The standard InChI is InChI=1S/C13H16BrN3O/c1-6-7(2)18-8(3)11(6)13-16-10-4-9(14)5-15-12(10)17-13/h4-8,11H,1-3H3,(H,15,16,17). The lowest BCUT2D eigenvalue weighted by Gasteiger charge is -2.15. The molecule has 96 valence electrons. The van der Waals surface area contributed by atoms with Crippen LogP contribution in [0.15, 0.2) is 16.7 Å². The van der Waals surface area contributed by atoms with Gasteiger partial charge in [0.05, 0.1) is 17.7 Å². The highest BCUT2D eigenvalue weighted by molar-refractivity contribution is 9.10. The van der Waals surface area contributed by atoms with Gasteiger partial charge in [0.2, 0.25) is 0 Å². The zero-order valence-electron chi connectivity index (χ0n) is 10.6. The fourth-order valence-electron chi connectivity index (χ4n) is 2.79. The van der Waals surface area contributed by atoms with E-state index < -0.39 is 0 Å². The quantitative estimate of drug-likeness (QED) is 0.879. The Hall–Kier alpha value is -0.940. The van der Waals surface area contributed by atoms with Gasteiger partial charge in [0.25, 0.3) is 0 Å². The molecule has 0 saturated carbocycles. The Balaban J connectivity index is 2.04. The Morgan fingerprint density at radius 1 is 1.28 bits per heavy atom. The lowest BCUT2D eigenvalue weighted by Crippen LogP contribution is -2.16. The number of ether oxygens (including phenoxy) is 1. The van der Waals surface area contributed by atoms with Crippen molar-refractivity contribution in [1.82, 2.24) is 15.0 Å². The molecule has 1 saturated heterocycles. The largest absolute Gasteiger partial charge is 0.374 e. The lowest BCUT2D eigenvalue weighted by atomic mass is 9.89. The summed E-state index contributed by atoms with van der Waals surface area (Å²) in [5, 5.41) is 0. The average molecular weight is 310 g/mol. The van der Waals surface area contributed by atoms with Crippen LogP contribution in [0.2, 0.25) is 0 Å². The molecule has 0 aliphatic carbocycles. The molecule has 1 aliphatic rings. The first-order valence-electron chi connectivity index (χ1n) is 6.23. The molecule has 5 heteroatoms. The molecule has 3 rings (SSSR count). The van der Waals surface area contributed by atoms with Gasteiger partial charge in [-0.2, -0.15) is 0 Å². The highest BCUT2D eigenvalue weighted by Crippen LogP contribution is 2.38. The van der Waals surface area contributed by atoms with Crippen LogP contribution in [0.3, 0.4) is 0 Å². The molecule has 4 nitrogen and oxygen atoms in total. The Labute approximate surface area is 114 Å². The van der Waals surface area contributed by atoms with E-state index >= 15 is 0 Å². The molecule has 4 unspecified atom stereocenters. The van der Waals surface area contributed by atoms with E-state index in [2.05, 4.69) is 51.7 Å². The van der Waals surface area contributed by atoms with Crippen LogP contribution in [-0.4, -0.2) is 27.2 Å². The summed E-state index contributed by atoms with van der Waals surface area (Å²) < 4.78 is 6.83. The second-order valence-corrected chi connectivity index (χ2v) is 5.99. The van der Waals surface area contributed by atoms with Crippen LogP contribution in [0.1, 0.15) is 32.5 Å². The second-order valence-electron chi connectivity index (χ2n) is 5.08. The molecule has 18 heavy (non-hydrogen) atoms. The predicted molar refractivity (Wildman–Crippen MR) is 73.5 cm³/mol. The Morgan fingerprint density at radius 3 is 2.72 bits per heavy atom. The molecule has 1 aliphatic heterocycles. The van der Waals surface area contributed by atoms with Crippen molar-refractivity contribution in [3.05, 3.63) is 22.6 Å². The zero-order chi connectivity index (χ0) is 12.9. The van der Waals surface area contributed by atoms with Gasteiger partial charge in [-0.1, -0.05) is 6.92 Å². The number of rotatable bonds is 1. The summed E-state index contributed by atoms with van der Waals surface area (Å²) in [7, 11) is 0. The molecule has 0 bridgehead atoms. The van der Waals surface area contributed by atoms with E-state index in [0.717, 1.165) is 21.5 Å². The van der Waals surface area contributed by atoms with Crippen molar-refractivity contribution in [3.8, 4) is 0 Å². The van der Waals surface area contributed by atoms with E-state index in [4.69, 9.17) is 4.74 Å². The number of nitrogens with one attached hydrogen (secondary N) is 1. The number of hydrogen-bond acceptors (Lipinski definition) is 3. The van der Waals surface area contributed by atoms with Gasteiger partial charge >= 0.3 is 0 Å². The summed E-state index contributed by atoms with van der Waals surface area (Å²) in [4.78, 5) is 12.3. The molecule has 1 fully saturated rings. The van der Waals surface area contributed by atoms with Crippen molar-refractivity contribution in [2.75, 3.05) is 0 Å². The molecule has 0 aromatic carbocycles. The average Bonchev–Trinajstić information content (AvgIpc) is 2.80. The number of hydrogen-bond donors (Lipinski definition) is 1. The van der Waals surface area contributed by atoms with Crippen LogP contribution >= 0.6 is 15.9 Å². The first kappa shape index (κ1) is 12.1. The molecule has 4 atom stereocenters. The minimum Gasteiger partial charge on any atom is -0.374 e. The summed E-state index contributed by atoms with van der Waals surface area (Å²) in [6.45, 7) is 6.45. The van der Waals surface area contributed by atoms with Crippen LogP contribution in [-0.2, 0) is 4.74 Å². The van der Waals surface area contributed by atoms with E-state index in [0.29, 0.717) is 11.8 Å². The van der Waals surface area contributed by atoms with Gasteiger partial charge in [0.15, 0.2) is 5.65 Å². The van der Waals surface area contributed by atoms with Crippen molar-refractivity contribution in [2.24, 2.45) is 5.92 Å². The highest BCUT2D eigenvalue weighted by atomic mass is 79.9. The number of aromatic amines is 1. The van der Waals surface area contributed by atoms with Gasteiger partial charge in [0.1, 0.15) is 5.82 Å². The van der Waals surface area contributed by atoms with Crippen LogP contribution in [0.25, 0.3) is 11.2 Å². The van der Waals surface area contributed by atoms with E-state index in [1.165, 1.54) is 0 Å². The summed E-state index contributed by atoms with van der Waals surface area (Å²) >= 11 is 3.42. The Bertz CT molecular complexity index is 583. The maximum atomic E-state index is 5.87. The van der Waals surface area contributed by atoms with Gasteiger partial charge in [0, 0.05) is 16.6 Å². The number of pyridine rings is 1. The van der Waals surface area contributed by atoms with E-state index in [1.807, 2.05) is 6.07 Å². The van der Waals surface area contributed by atoms with Crippen molar-refractivity contribution >= 4 is 27.1 Å². The minimum atomic E-state index is 0.194. The summed E-state index contributed by atoms with van der Waals surface area (Å²) in [6, 6.07) is 2.01. The van der Waals surface area contributed by atoms with Gasteiger partial charge in [-0.15, -0.1) is 0 Å². The maximum absolute atomic E-state index is 5.87. The van der Waals surface area contributed by atoms with Crippen LogP contribution in [0.4, 0.5) is 0 Å². The first-order valence-corrected chi connectivity index (χ1v) is 7.02. The molecule has 3 heterocycles. The van der Waals surface area contributed by atoms with Gasteiger partial charge in [-0.3, -0.25) is 0 Å². The highest BCUT2D eigenvalue weighted by Gasteiger charge is 2.39. The van der Waals surface area contributed by atoms with Crippen molar-refractivity contribution in [2.45, 2.75) is 38.9 Å². The van der Waals surface area contributed by atoms with Gasteiger partial charge in [-0.05, 0) is 41.8 Å². The third-order valence-electron chi connectivity index (χ3n) is 3.88. The predicted octanol–water partition coefficient (Wildman–Crippen LogP) is 3.25. The molecular formula is C13H16BrN3O. The van der Waals surface area contributed by atoms with Gasteiger partial charge in [-0.25, -0.2) is 9.97 Å².